The summed E-state index contributed by atoms with van der Waals surface area (Å²) in [5, 5.41) is 2.10. The average molecular weight is 507 g/mol. The Morgan fingerprint density at radius 3 is 2.67 bits per heavy atom. The van der Waals surface area contributed by atoms with Gasteiger partial charge in [0.05, 0.1) is 25.1 Å². The highest BCUT2D eigenvalue weighted by molar-refractivity contribution is 7.10. The van der Waals surface area contributed by atoms with E-state index in [1.54, 1.807) is 28.4 Å². The Kier molecular flexibility index (Phi) is 7.48. The predicted molar refractivity (Wildman–Crippen MR) is 138 cm³/mol. The van der Waals surface area contributed by atoms with E-state index in [1.807, 2.05) is 17.0 Å². The van der Waals surface area contributed by atoms with Crippen LogP contribution in [-0.2, 0) is 27.2 Å². The first-order chi connectivity index (χ1) is 17.5. The predicted octanol–water partition coefficient (Wildman–Crippen LogP) is 4.92. The van der Waals surface area contributed by atoms with Gasteiger partial charge in [-0.05, 0) is 72.0 Å². The molecule has 5 nitrogen and oxygen atoms in total. The Balaban J connectivity index is 1.39. The van der Waals surface area contributed by atoms with Crippen molar-refractivity contribution < 1.29 is 18.7 Å². The summed E-state index contributed by atoms with van der Waals surface area (Å²) in [4.78, 5) is 32.1. The number of fused-ring (bicyclic) bond motifs is 1. The van der Waals surface area contributed by atoms with E-state index in [4.69, 9.17) is 4.74 Å². The number of thiophene rings is 1. The third-order valence-electron chi connectivity index (χ3n) is 7.16. The summed E-state index contributed by atoms with van der Waals surface area (Å²) in [6, 6.07) is 16.1. The van der Waals surface area contributed by atoms with Crippen molar-refractivity contribution in [3.63, 3.8) is 0 Å². The minimum absolute atomic E-state index is 0.00173. The maximum atomic E-state index is 13.9. The summed E-state index contributed by atoms with van der Waals surface area (Å²) in [5.74, 6) is -0.547. The van der Waals surface area contributed by atoms with Crippen LogP contribution in [0.25, 0.3) is 0 Å². The van der Waals surface area contributed by atoms with E-state index in [1.165, 1.54) is 22.6 Å². The van der Waals surface area contributed by atoms with Gasteiger partial charge < -0.3 is 14.5 Å². The molecule has 0 N–H and O–H groups in total. The molecule has 2 aliphatic heterocycles. The molecule has 0 radical (unpaired) electrons. The summed E-state index contributed by atoms with van der Waals surface area (Å²) in [6.45, 7) is 3.76. The SMILES string of the molecule is Cc1ccccc1C1c2ccsc2CCN1C(=O)CN(CC1CCCO1)C(=O)Cc1ccc(F)cc1. The van der Waals surface area contributed by atoms with Gasteiger partial charge in [-0.1, -0.05) is 36.4 Å². The maximum absolute atomic E-state index is 13.9. The molecule has 0 saturated carbocycles. The zero-order chi connectivity index (χ0) is 25.1. The lowest BCUT2D eigenvalue weighted by Gasteiger charge is -2.38. The molecule has 7 heteroatoms. The first kappa shape index (κ1) is 24.7. The zero-order valence-electron chi connectivity index (χ0n) is 20.5. The van der Waals surface area contributed by atoms with Crippen molar-refractivity contribution in [3.8, 4) is 0 Å². The Morgan fingerprint density at radius 2 is 1.92 bits per heavy atom. The van der Waals surface area contributed by atoms with E-state index in [-0.39, 0.29) is 42.7 Å². The van der Waals surface area contributed by atoms with Crippen LogP contribution in [0, 0.1) is 12.7 Å². The van der Waals surface area contributed by atoms with Crippen molar-refractivity contribution in [2.75, 3.05) is 26.2 Å². The molecule has 2 aliphatic rings. The molecule has 36 heavy (non-hydrogen) atoms. The topological polar surface area (TPSA) is 49.9 Å². The smallest absolute Gasteiger partial charge is 0.242 e. The van der Waals surface area contributed by atoms with Gasteiger partial charge in [-0.25, -0.2) is 4.39 Å². The van der Waals surface area contributed by atoms with E-state index in [2.05, 4.69) is 30.5 Å². The second kappa shape index (κ2) is 10.9. The second-order valence-corrected chi connectivity index (χ2v) is 10.6. The van der Waals surface area contributed by atoms with Gasteiger partial charge in [0.2, 0.25) is 11.8 Å². The molecule has 3 aromatic rings. The lowest BCUT2D eigenvalue weighted by Crippen LogP contribution is -2.48. The lowest BCUT2D eigenvalue weighted by atomic mass is 9.90. The molecule has 0 bridgehead atoms. The van der Waals surface area contributed by atoms with E-state index < -0.39 is 0 Å². The largest absolute Gasteiger partial charge is 0.376 e. The summed E-state index contributed by atoms with van der Waals surface area (Å²) < 4.78 is 19.2. The number of carbonyl (C=O) groups excluding carboxylic acids is 2. The molecule has 2 amide bonds. The molecular formula is C29H31FN2O3S. The fourth-order valence-electron chi connectivity index (χ4n) is 5.25. The van der Waals surface area contributed by atoms with Gasteiger partial charge in [0.1, 0.15) is 5.82 Å². The molecule has 1 saturated heterocycles. The minimum atomic E-state index is -0.335. The number of ether oxygens (including phenoxy) is 1. The number of hydrogen-bond acceptors (Lipinski definition) is 4. The highest BCUT2D eigenvalue weighted by Crippen LogP contribution is 2.39. The zero-order valence-corrected chi connectivity index (χ0v) is 21.3. The molecule has 0 spiro atoms. The molecule has 2 aromatic carbocycles. The first-order valence-electron chi connectivity index (χ1n) is 12.5. The van der Waals surface area contributed by atoms with Crippen molar-refractivity contribution in [2.24, 2.45) is 0 Å². The quantitative estimate of drug-likeness (QED) is 0.457. The van der Waals surface area contributed by atoms with E-state index in [0.29, 0.717) is 19.7 Å². The first-order valence-corrected chi connectivity index (χ1v) is 13.4. The molecule has 3 heterocycles. The van der Waals surface area contributed by atoms with E-state index in [9.17, 15) is 14.0 Å². The van der Waals surface area contributed by atoms with Gasteiger partial charge in [0.25, 0.3) is 0 Å². The minimum Gasteiger partial charge on any atom is -0.376 e. The average Bonchev–Trinajstić information content (AvgIpc) is 3.57. The molecular weight excluding hydrogens is 475 g/mol. The van der Waals surface area contributed by atoms with Crippen molar-refractivity contribution >= 4 is 23.2 Å². The normalized spacial score (nSPS) is 19.2. The standard InChI is InChI=1S/C29H31FN2O3S/c1-20-5-2-3-7-24(20)29-25-13-16-36-26(25)12-14-32(29)28(34)19-31(18-23-6-4-15-35-23)27(33)17-21-8-10-22(30)11-9-21/h2-3,5,7-11,13,16,23,29H,4,6,12,14-15,17-19H2,1H3. The fraction of sp³-hybridized carbons (Fsp3) is 0.379. The van der Waals surface area contributed by atoms with Gasteiger partial charge in [-0.2, -0.15) is 0 Å². The molecule has 188 valence electrons. The number of rotatable bonds is 7. The third-order valence-corrected chi connectivity index (χ3v) is 8.16. The summed E-state index contributed by atoms with van der Waals surface area (Å²) >= 11 is 1.74. The third kappa shape index (κ3) is 5.37. The molecule has 5 rings (SSSR count). The number of aryl methyl sites for hydroxylation is 1. The van der Waals surface area contributed by atoms with Crippen LogP contribution in [-0.4, -0.2) is 54.0 Å². The van der Waals surface area contributed by atoms with Gasteiger partial charge in [-0.15, -0.1) is 11.3 Å². The van der Waals surface area contributed by atoms with Gasteiger partial charge in [-0.3, -0.25) is 9.59 Å². The van der Waals surface area contributed by atoms with E-state index >= 15 is 0 Å². The van der Waals surface area contributed by atoms with Crippen LogP contribution in [0.3, 0.4) is 0 Å². The van der Waals surface area contributed by atoms with Crippen LogP contribution in [0.1, 0.15) is 46.0 Å². The molecule has 2 atom stereocenters. The number of hydrogen-bond donors (Lipinski definition) is 0. The van der Waals surface area contributed by atoms with Gasteiger partial charge in [0, 0.05) is 24.6 Å². The van der Waals surface area contributed by atoms with E-state index in [0.717, 1.165) is 36.0 Å². The van der Waals surface area contributed by atoms with Crippen LogP contribution in [0.5, 0.6) is 0 Å². The van der Waals surface area contributed by atoms with Crippen LogP contribution in [0.15, 0.2) is 60.0 Å². The number of amides is 2. The van der Waals surface area contributed by atoms with Crippen molar-refractivity contribution in [3.05, 3.63) is 92.9 Å². The van der Waals surface area contributed by atoms with Gasteiger partial charge in [0.15, 0.2) is 0 Å². The highest BCUT2D eigenvalue weighted by atomic mass is 32.1. The van der Waals surface area contributed by atoms with Crippen LogP contribution in [0.4, 0.5) is 4.39 Å². The number of benzene rings is 2. The molecule has 1 fully saturated rings. The van der Waals surface area contributed by atoms with Crippen LogP contribution in [0.2, 0.25) is 0 Å². The van der Waals surface area contributed by atoms with Crippen molar-refractivity contribution in [1.29, 1.82) is 0 Å². The van der Waals surface area contributed by atoms with Crippen molar-refractivity contribution in [2.45, 2.75) is 44.8 Å². The van der Waals surface area contributed by atoms with Crippen molar-refractivity contribution in [1.82, 2.24) is 9.80 Å². The summed E-state index contributed by atoms with van der Waals surface area (Å²) in [6.07, 6.45) is 2.71. The highest BCUT2D eigenvalue weighted by Gasteiger charge is 2.35. The monoisotopic (exact) mass is 506 g/mol. The van der Waals surface area contributed by atoms with Gasteiger partial charge >= 0.3 is 0 Å². The Morgan fingerprint density at radius 1 is 1.11 bits per heavy atom. The second-order valence-electron chi connectivity index (χ2n) is 9.61. The molecule has 1 aromatic heterocycles. The number of nitrogens with zero attached hydrogens (tertiary/aromatic N) is 2. The summed E-state index contributed by atoms with van der Waals surface area (Å²) in [7, 11) is 0. The maximum Gasteiger partial charge on any atom is 0.242 e. The Hall–Kier alpha value is -3.03. The number of halogens is 1. The molecule has 2 unspecified atom stereocenters. The van der Waals surface area contributed by atoms with Crippen LogP contribution < -0.4 is 0 Å². The lowest BCUT2D eigenvalue weighted by molar-refractivity contribution is -0.142. The number of carbonyl (C=O) groups is 2. The molecule has 0 aliphatic carbocycles. The Bertz CT molecular complexity index is 1220. The summed E-state index contributed by atoms with van der Waals surface area (Å²) in [5.41, 5.74) is 4.17. The van der Waals surface area contributed by atoms with Crippen LogP contribution >= 0.6 is 11.3 Å². The Labute approximate surface area is 215 Å². The fourth-order valence-corrected chi connectivity index (χ4v) is 6.15.